The Morgan fingerprint density at radius 1 is 1.05 bits per heavy atom. The van der Waals surface area contributed by atoms with Gasteiger partial charge in [-0.05, 0) is 12.1 Å². The molecule has 0 saturated carbocycles. The number of benzene rings is 1. The summed E-state index contributed by atoms with van der Waals surface area (Å²) in [6.45, 7) is 3.72. The molecule has 2 heterocycles. The zero-order chi connectivity index (χ0) is 13.1. The van der Waals surface area contributed by atoms with Crippen molar-refractivity contribution in [2.24, 2.45) is 0 Å². The van der Waals surface area contributed by atoms with Crippen molar-refractivity contribution in [3.8, 4) is 5.69 Å². The first-order valence-corrected chi connectivity index (χ1v) is 6.45. The third kappa shape index (κ3) is 2.51. The minimum absolute atomic E-state index is 0.0952. The van der Waals surface area contributed by atoms with Crippen molar-refractivity contribution in [2.75, 3.05) is 31.1 Å². The van der Waals surface area contributed by atoms with Crippen molar-refractivity contribution in [1.82, 2.24) is 15.1 Å². The minimum atomic E-state index is -0.0952. The van der Waals surface area contributed by atoms with E-state index in [1.165, 1.54) is 4.68 Å². The quantitative estimate of drug-likeness (QED) is 0.857. The van der Waals surface area contributed by atoms with Gasteiger partial charge in [0, 0.05) is 32.2 Å². The molecule has 0 spiro atoms. The van der Waals surface area contributed by atoms with Crippen molar-refractivity contribution < 1.29 is 0 Å². The number of rotatable bonds is 2. The van der Waals surface area contributed by atoms with Crippen LogP contribution in [-0.4, -0.2) is 36.0 Å². The highest BCUT2D eigenvalue weighted by Gasteiger charge is 2.12. The molecule has 3 rings (SSSR count). The van der Waals surface area contributed by atoms with Crippen LogP contribution in [0.4, 0.5) is 5.69 Å². The first kappa shape index (κ1) is 11.9. The number of hydrogen-bond donors (Lipinski definition) is 1. The molecule has 0 bridgehead atoms. The summed E-state index contributed by atoms with van der Waals surface area (Å²) in [6.07, 6.45) is 1.76. The maximum absolute atomic E-state index is 12.1. The number of hydrogen-bond acceptors (Lipinski definition) is 4. The van der Waals surface area contributed by atoms with E-state index in [9.17, 15) is 4.79 Å². The Labute approximate surface area is 111 Å². The van der Waals surface area contributed by atoms with Crippen molar-refractivity contribution in [2.45, 2.75) is 0 Å². The summed E-state index contributed by atoms with van der Waals surface area (Å²) in [5.74, 6) is 0. The van der Waals surface area contributed by atoms with E-state index in [-0.39, 0.29) is 5.56 Å². The fraction of sp³-hybridized carbons (Fsp3) is 0.286. The molecule has 5 heteroatoms. The van der Waals surface area contributed by atoms with Gasteiger partial charge in [0.2, 0.25) is 0 Å². The van der Waals surface area contributed by atoms with Crippen LogP contribution in [0.2, 0.25) is 0 Å². The van der Waals surface area contributed by atoms with Gasteiger partial charge in [-0.15, -0.1) is 0 Å². The average Bonchev–Trinajstić information content (AvgIpc) is 2.49. The van der Waals surface area contributed by atoms with Gasteiger partial charge in [0.25, 0.3) is 5.56 Å². The van der Waals surface area contributed by atoms with Gasteiger partial charge in [-0.1, -0.05) is 18.2 Å². The van der Waals surface area contributed by atoms with Crippen LogP contribution in [0.3, 0.4) is 0 Å². The second-order valence-corrected chi connectivity index (χ2v) is 4.54. The molecule has 1 fully saturated rings. The van der Waals surface area contributed by atoms with Gasteiger partial charge in [0.1, 0.15) is 0 Å². The molecule has 0 atom stereocenters. The summed E-state index contributed by atoms with van der Waals surface area (Å²) in [5.41, 5.74) is 1.60. The van der Waals surface area contributed by atoms with Crippen molar-refractivity contribution in [3.63, 3.8) is 0 Å². The Hall–Kier alpha value is -2.14. The fourth-order valence-electron chi connectivity index (χ4n) is 2.26. The smallest absolute Gasteiger partial charge is 0.273 e. The fourth-order valence-corrected chi connectivity index (χ4v) is 2.26. The van der Waals surface area contributed by atoms with Crippen LogP contribution in [0, 0.1) is 0 Å². The molecule has 1 aromatic carbocycles. The van der Waals surface area contributed by atoms with E-state index in [1.807, 2.05) is 30.3 Å². The van der Waals surface area contributed by atoms with Crippen molar-refractivity contribution in [1.29, 1.82) is 0 Å². The third-order valence-electron chi connectivity index (χ3n) is 3.27. The maximum Gasteiger partial charge on any atom is 0.273 e. The summed E-state index contributed by atoms with van der Waals surface area (Å²) in [5, 5.41) is 7.56. The molecule has 19 heavy (non-hydrogen) atoms. The third-order valence-corrected chi connectivity index (χ3v) is 3.27. The topological polar surface area (TPSA) is 50.2 Å². The van der Waals surface area contributed by atoms with E-state index in [2.05, 4.69) is 15.3 Å². The first-order valence-electron chi connectivity index (χ1n) is 6.45. The van der Waals surface area contributed by atoms with Crippen LogP contribution >= 0.6 is 0 Å². The highest BCUT2D eigenvalue weighted by Crippen LogP contribution is 2.11. The van der Waals surface area contributed by atoms with Crippen LogP contribution in [0.5, 0.6) is 0 Å². The summed E-state index contributed by atoms with van der Waals surface area (Å²) < 4.78 is 1.42. The van der Waals surface area contributed by atoms with Gasteiger partial charge in [0.15, 0.2) is 0 Å². The van der Waals surface area contributed by atoms with Crippen LogP contribution in [0.25, 0.3) is 5.69 Å². The molecular weight excluding hydrogens is 240 g/mol. The second kappa shape index (κ2) is 5.24. The maximum atomic E-state index is 12.1. The van der Waals surface area contributed by atoms with Gasteiger partial charge < -0.3 is 10.2 Å². The number of para-hydroxylation sites is 1. The summed E-state index contributed by atoms with van der Waals surface area (Å²) >= 11 is 0. The van der Waals surface area contributed by atoms with E-state index in [4.69, 9.17) is 0 Å². The number of piperazine rings is 1. The normalized spacial score (nSPS) is 15.5. The van der Waals surface area contributed by atoms with Gasteiger partial charge in [-0.25, -0.2) is 0 Å². The van der Waals surface area contributed by atoms with E-state index in [1.54, 1.807) is 12.3 Å². The van der Waals surface area contributed by atoms with E-state index in [0.29, 0.717) is 0 Å². The number of nitrogens with one attached hydrogen (secondary N) is 1. The summed E-state index contributed by atoms with van der Waals surface area (Å²) in [6, 6.07) is 11.1. The molecular formula is C14H16N4O. The van der Waals surface area contributed by atoms with Crippen LogP contribution in [-0.2, 0) is 0 Å². The van der Waals surface area contributed by atoms with E-state index < -0.39 is 0 Å². The Balaban J connectivity index is 1.92. The molecule has 1 aliphatic heterocycles. The lowest BCUT2D eigenvalue weighted by Crippen LogP contribution is -2.44. The molecule has 1 N–H and O–H groups in total. The van der Waals surface area contributed by atoms with Crippen LogP contribution < -0.4 is 15.8 Å². The summed E-state index contributed by atoms with van der Waals surface area (Å²) in [4.78, 5) is 14.3. The highest BCUT2D eigenvalue weighted by atomic mass is 16.1. The Kier molecular flexibility index (Phi) is 3.29. The molecule has 0 amide bonds. The zero-order valence-corrected chi connectivity index (χ0v) is 10.6. The lowest BCUT2D eigenvalue weighted by atomic mass is 10.3. The van der Waals surface area contributed by atoms with Crippen LogP contribution in [0.1, 0.15) is 0 Å². The van der Waals surface area contributed by atoms with Gasteiger partial charge >= 0.3 is 0 Å². The average molecular weight is 256 g/mol. The van der Waals surface area contributed by atoms with Gasteiger partial charge in [-0.2, -0.15) is 9.78 Å². The standard InChI is InChI=1S/C14H16N4O/c19-14-10-13(17-8-6-15-7-9-17)11-16-18(14)12-4-2-1-3-5-12/h1-5,10-11,15H,6-9H2. The number of aromatic nitrogens is 2. The zero-order valence-electron chi connectivity index (χ0n) is 10.6. The second-order valence-electron chi connectivity index (χ2n) is 4.54. The minimum Gasteiger partial charge on any atom is -0.368 e. The predicted molar refractivity (Wildman–Crippen MR) is 74.9 cm³/mol. The molecule has 1 aromatic heterocycles. The predicted octanol–water partition coefficient (Wildman–Crippen LogP) is 0.642. The lowest BCUT2D eigenvalue weighted by molar-refractivity contribution is 0.587. The molecule has 5 nitrogen and oxygen atoms in total. The molecule has 0 unspecified atom stereocenters. The van der Waals surface area contributed by atoms with Crippen LogP contribution in [0.15, 0.2) is 47.4 Å². The molecule has 0 aliphatic carbocycles. The molecule has 1 saturated heterocycles. The highest BCUT2D eigenvalue weighted by molar-refractivity contribution is 5.44. The van der Waals surface area contributed by atoms with E-state index in [0.717, 1.165) is 37.6 Å². The molecule has 2 aromatic rings. The summed E-state index contributed by atoms with van der Waals surface area (Å²) in [7, 11) is 0. The Morgan fingerprint density at radius 3 is 2.47 bits per heavy atom. The van der Waals surface area contributed by atoms with Crippen molar-refractivity contribution in [3.05, 3.63) is 52.9 Å². The Bertz CT molecular complexity index is 602. The van der Waals surface area contributed by atoms with Crippen molar-refractivity contribution >= 4 is 5.69 Å². The lowest BCUT2D eigenvalue weighted by Gasteiger charge is -2.28. The number of nitrogens with zero attached hydrogens (tertiary/aromatic N) is 3. The van der Waals surface area contributed by atoms with Gasteiger partial charge in [0.05, 0.1) is 17.6 Å². The molecule has 1 aliphatic rings. The SMILES string of the molecule is O=c1cc(N2CCNCC2)cnn1-c1ccccc1. The molecule has 0 radical (unpaired) electrons. The molecule has 98 valence electrons. The number of anilines is 1. The van der Waals surface area contributed by atoms with Gasteiger partial charge in [-0.3, -0.25) is 4.79 Å². The van der Waals surface area contributed by atoms with E-state index >= 15 is 0 Å². The first-order chi connectivity index (χ1) is 9.34. The Morgan fingerprint density at radius 2 is 1.79 bits per heavy atom. The largest absolute Gasteiger partial charge is 0.368 e. The monoisotopic (exact) mass is 256 g/mol.